The summed E-state index contributed by atoms with van der Waals surface area (Å²) in [6.45, 7) is 9.96. The molecule has 0 saturated carbocycles. The zero-order valence-electron chi connectivity index (χ0n) is 20.5. The second-order valence-electron chi connectivity index (χ2n) is 10.2. The van der Waals surface area contributed by atoms with Crippen molar-refractivity contribution >= 4 is 22.9 Å². The number of hydrogen-bond acceptors (Lipinski definition) is 7. The van der Waals surface area contributed by atoms with Gasteiger partial charge in [0, 0.05) is 38.3 Å². The topological polar surface area (TPSA) is 95.3 Å². The second-order valence-corrected chi connectivity index (χ2v) is 10.2. The molecular formula is C26H34N4O5. The van der Waals surface area contributed by atoms with E-state index in [1.54, 1.807) is 6.26 Å². The summed E-state index contributed by atoms with van der Waals surface area (Å²) in [5.74, 6) is -0.0704. The molecule has 1 atom stereocenters. The first kappa shape index (κ1) is 24.0. The molecule has 3 aliphatic heterocycles. The number of urea groups is 1. The van der Waals surface area contributed by atoms with Gasteiger partial charge in [-0.05, 0) is 57.8 Å². The third-order valence-electron chi connectivity index (χ3n) is 7.84. The van der Waals surface area contributed by atoms with E-state index in [1.165, 1.54) is 4.90 Å². The highest BCUT2D eigenvalue weighted by molar-refractivity contribution is 6.07. The van der Waals surface area contributed by atoms with E-state index in [1.807, 2.05) is 32.0 Å². The van der Waals surface area contributed by atoms with Crippen molar-refractivity contribution in [3.63, 3.8) is 0 Å². The lowest BCUT2D eigenvalue weighted by Crippen LogP contribution is -2.54. The van der Waals surface area contributed by atoms with Gasteiger partial charge in [-0.2, -0.15) is 0 Å². The molecule has 0 spiro atoms. The molecule has 3 amide bonds. The van der Waals surface area contributed by atoms with Crippen molar-refractivity contribution in [3.8, 4) is 0 Å². The lowest BCUT2D eigenvalue weighted by Gasteiger charge is -2.38. The van der Waals surface area contributed by atoms with Crippen molar-refractivity contribution in [1.29, 1.82) is 0 Å². The highest BCUT2D eigenvalue weighted by atomic mass is 16.5. The van der Waals surface area contributed by atoms with E-state index in [9.17, 15) is 14.4 Å². The maximum atomic E-state index is 13.3. The smallest absolute Gasteiger partial charge is 0.325 e. The summed E-state index contributed by atoms with van der Waals surface area (Å²) >= 11 is 0. The fraction of sp³-hybridized carbons (Fsp3) is 0.577. The van der Waals surface area contributed by atoms with Crippen molar-refractivity contribution in [2.24, 2.45) is 5.92 Å². The zero-order valence-corrected chi connectivity index (χ0v) is 20.5. The number of hydrogen-bond donors (Lipinski definition) is 1. The Bertz CT molecular complexity index is 1170. The Labute approximate surface area is 205 Å². The molecule has 3 fully saturated rings. The number of morpholine rings is 1. The summed E-state index contributed by atoms with van der Waals surface area (Å²) in [6.07, 6.45) is 3.12. The lowest BCUT2D eigenvalue weighted by atomic mass is 9.79. The molecule has 9 nitrogen and oxygen atoms in total. The number of imide groups is 1. The number of nitrogens with one attached hydrogen (secondary N) is 1. The van der Waals surface area contributed by atoms with Crippen molar-refractivity contribution in [1.82, 2.24) is 20.0 Å². The van der Waals surface area contributed by atoms with Crippen LogP contribution < -0.4 is 10.7 Å². The monoisotopic (exact) mass is 482 g/mol. The minimum Gasteiger partial charge on any atom is -0.464 e. The van der Waals surface area contributed by atoms with Crippen LogP contribution in [0.1, 0.15) is 30.9 Å². The van der Waals surface area contributed by atoms with E-state index < -0.39 is 5.54 Å². The van der Waals surface area contributed by atoms with Crippen molar-refractivity contribution in [2.75, 3.05) is 52.5 Å². The van der Waals surface area contributed by atoms with Gasteiger partial charge in [0.05, 0.1) is 24.9 Å². The molecule has 1 aromatic carbocycles. The SMILES string of the molecule is Cc1ccc2occ(CN3CCC(C4(C)NC(=O)N(CCN5CCOCC5)C4=O)CC3)c(=O)c2c1. The molecule has 3 aliphatic rings. The molecule has 9 heteroatoms. The van der Waals surface area contributed by atoms with Gasteiger partial charge in [-0.3, -0.25) is 24.3 Å². The number of likely N-dealkylation sites (tertiary alicyclic amines) is 1. The minimum atomic E-state index is -0.881. The first-order valence-electron chi connectivity index (χ1n) is 12.5. The Hall–Kier alpha value is -2.75. The Kier molecular flexibility index (Phi) is 6.65. The van der Waals surface area contributed by atoms with Crippen LogP contribution in [-0.2, 0) is 16.1 Å². The van der Waals surface area contributed by atoms with Crippen molar-refractivity contribution in [2.45, 2.75) is 38.8 Å². The highest BCUT2D eigenvalue weighted by Gasteiger charge is 2.52. The van der Waals surface area contributed by atoms with Gasteiger partial charge in [-0.1, -0.05) is 11.6 Å². The number of amides is 3. The Morgan fingerprint density at radius 1 is 1.03 bits per heavy atom. The molecule has 1 aromatic heterocycles. The average molecular weight is 483 g/mol. The predicted molar refractivity (Wildman–Crippen MR) is 131 cm³/mol. The number of fused-ring (bicyclic) bond motifs is 1. The van der Waals surface area contributed by atoms with Crippen molar-refractivity contribution in [3.05, 3.63) is 45.8 Å². The van der Waals surface area contributed by atoms with Crippen LogP contribution >= 0.6 is 0 Å². The van der Waals surface area contributed by atoms with Crippen LogP contribution in [0.5, 0.6) is 0 Å². The van der Waals surface area contributed by atoms with Crippen LogP contribution in [0.25, 0.3) is 11.0 Å². The van der Waals surface area contributed by atoms with E-state index in [2.05, 4.69) is 15.1 Å². The van der Waals surface area contributed by atoms with Crippen LogP contribution in [0, 0.1) is 12.8 Å². The van der Waals surface area contributed by atoms with Crippen LogP contribution in [0.4, 0.5) is 4.79 Å². The Morgan fingerprint density at radius 3 is 2.51 bits per heavy atom. The fourth-order valence-corrected chi connectivity index (χ4v) is 5.57. The van der Waals surface area contributed by atoms with Crippen LogP contribution in [-0.4, -0.2) is 84.7 Å². The number of carbonyl (C=O) groups is 2. The number of piperidine rings is 1. The van der Waals surface area contributed by atoms with Crippen molar-refractivity contribution < 1.29 is 18.7 Å². The number of nitrogens with zero attached hydrogens (tertiary/aromatic N) is 3. The number of carbonyl (C=O) groups excluding carboxylic acids is 2. The van der Waals surface area contributed by atoms with E-state index >= 15 is 0 Å². The molecular weight excluding hydrogens is 448 g/mol. The van der Waals surface area contributed by atoms with E-state index in [0.717, 1.165) is 44.6 Å². The zero-order chi connectivity index (χ0) is 24.6. The summed E-state index contributed by atoms with van der Waals surface area (Å²) in [5.41, 5.74) is 1.40. The third kappa shape index (κ3) is 4.72. The number of rotatable bonds is 6. The number of benzene rings is 1. The molecule has 1 unspecified atom stereocenters. The van der Waals surface area contributed by atoms with Gasteiger partial charge < -0.3 is 14.5 Å². The highest BCUT2D eigenvalue weighted by Crippen LogP contribution is 2.33. The third-order valence-corrected chi connectivity index (χ3v) is 7.84. The standard InChI is InChI=1S/C26H34N4O5/c1-18-3-4-22-21(15-18)23(31)19(17-35-22)16-29-7-5-20(6-8-29)26(2)24(32)30(25(33)27-26)10-9-28-11-13-34-14-12-28/h3-4,15,17,20H,5-14,16H2,1-2H3,(H,27,33). The summed E-state index contributed by atoms with van der Waals surface area (Å²) in [5, 5.41) is 3.61. The molecule has 4 heterocycles. The van der Waals surface area contributed by atoms with Gasteiger partial charge in [0.2, 0.25) is 0 Å². The lowest BCUT2D eigenvalue weighted by molar-refractivity contribution is -0.133. The van der Waals surface area contributed by atoms with Crippen LogP contribution in [0.3, 0.4) is 0 Å². The van der Waals surface area contributed by atoms with E-state index in [-0.39, 0.29) is 23.3 Å². The fourth-order valence-electron chi connectivity index (χ4n) is 5.57. The van der Waals surface area contributed by atoms with E-state index in [4.69, 9.17) is 9.15 Å². The Morgan fingerprint density at radius 2 is 1.77 bits per heavy atom. The first-order chi connectivity index (χ1) is 16.8. The number of aryl methyl sites for hydroxylation is 1. The van der Waals surface area contributed by atoms with Gasteiger partial charge in [-0.25, -0.2) is 4.79 Å². The van der Waals surface area contributed by atoms with Crippen LogP contribution in [0.2, 0.25) is 0 Å². The summed E-state index contributed by atoms with van der Waals surface area (Å²) in [4.78, 5) is 44.8. The summed E-state index contributed by atoms with van der Waals surface area (Å²) < 4.78 is 11.1. The molecule has 2 aromatic rings. The molecule has 0 bridgehead atoms. The molecule has 0 aliphatic carbocycles. The van der Waals surface area contributed by atoms with Gasteiger partial charge in [0.15, 0.2) is 5.43 Å². The molecule has 5 rings (SSSR count). The van der Waals surface area contributed by atoms with Gasteiger partial charge in [-0.15, -0.1) is 0 Å². The molecule has 3 saturated heterocycles. The predicted octanol–water partition coefficient (Wildman–Crippen LogP) is 1.96. The molecule has 188 valence electrons. The molecule has 35 heavy (non-hydrogen) atoms. The maximum Gasteiger partial charge on any atom is 0.325 e. The minimum absolute atomic E-state index is 0.0122. The van der Waals surface area contributed by atoms with Gasteiger partial charge >= 0.3 is 6.03 Å². The van der Waals surface area contributed by atoms with Gasteiger partial charge in [0.1, 0.15) is 11.1 Å². The molecule has 1 N–H and O–H groups in total. The van der Waals surface area contributed by atoms with Gasteiger partial charge in [0.25, 0.3) is 5.91 Å². The summed E-state index contributed by atoms with van der Waals surface area (Å²) in [6, 6.07) is 5.34. The summed E-state index contributed by atoms with van der Waals surface area (Å²) in [7, 11) is 0. The quantitative estimate of drug-likeness (QED) is 0.629. The molecule has 0 radical (unpaired) electrons. The average Bonchev–Trinajstić information content (AvgIpc) is 3.09. The normalized spacial score (nSPS) is 24.9. The Balaban J connectivity index is 1.19. The van der Waals surface area contributed by atoms with E-state index in [0.29, 0.717) is 49.4 Å². The first-order valence-corrected chi connectivity index (χ1v) is 12.5. The largest absolute Gasteiger partial charge is 0.464 e. The number of ether oxygens (including phenoxy) is 1. The second kappa shape index (κ2) is 9.72. The maximum absolute atomic E-state index is 13.3. The van der Waals surface area contributed by atoms with Crippen LogP contribution in [0.15, 0.2) is 33.7 Å².